The number of pyridine rings is 1. The normalized spacial score (nSPS) is 10.2. The molecule has 0 unspecified atom stereocenters. The molecule has 1 aromatic heterocycles. The van der Waals surface area contributed by atoms with Crippen molar-refractivity contribution in [3.8, 4) is 0 Å². The van der Waals surface area contributed by atoms with Gasteiger partial charge in [0.15, 0.2) is 0 Å². The van der Waals surface area contributed by atoms with Crippen molar-refractivity contribution in [2.75, 3.05) is 16.0 Å². The predicted molar refractivity (Wildman–Crippen MR) is 107 cm³/mol. The third-order valence-corrected chi connectivity index (χ3v) is 3.90. The number of anilines is 3. The van der Waals surface area contributed by atoms with E-state index in [1.807, 2.05) is 0 Å². The summed E-state index contributed by atoms with van der Waals surface area (Å²) in [5, 5.41) is 8.47. The molecular formula is C21H19FN4O2. The molecule has 0 bridgehead atoms. The Bertz CT molecular complexity index is 972. The van der Waals surface area contributed by atoms with Crippen LogP contribution in [0.3, 0.4) is 0 Å². The number of hydrogen-bond donors (Lipinski definition) is 3. The molecule has 6 nitrogen and oxygen atoms in total. The Morgan fingerprint density at radius 1 is 0.893 bits per heavy atom. The first kappa shape index (κ1) is 19.0. The van der Waals surface area contributed by atoms with Gasteiger partial charge in [-0.3, -0.25) is 9.59 Å². The first-order valence-corrected chi connectivity index (χ1v) is 8.63. The van der Waals surface area contributed by atoms with E-state index in [1.165, 1.54) is 19.2 Å². The smallest absolute Gasteiger partial charge is 0.274 e. The highest BCUT2D eigenvalue weighted by Crippen LogP contribution is 2.15. The van der Waals surface area contributed by atoms with Crippen LogP contribution in [0.1, 0.15) is 23.0 Å². The fourth-order valence-corrected chi connectivity index (χ4v) is 2.51. The molecule has 0 saturated carbocycles. The lowest BCUT2D eigenvalue weighted by atomic mass is 10.2. The van der Waals surface area contributed by atoms with Crippen molar-refractivity contribution in [3.63, 3.8) is 0 Å². The molecule has 0 atom stereocenters. The summed E-state index contributed by atoms with van der Waals surface area (Å²) in [6.45, 7) is 1.75. The first-order valence-electron chi connectivity index (χ1n) is 8.63. The molecule has 1 heterocycles. The number of benzene rings is 2. The van der Waals surface area contributed by atoms with Crippen LogP contribution in [0.25, 0.3) is 0 Å². The number of nitrogens with zero attached hydrogens (tertiary/aromatic N) is 1. The number of hydrogen-bond acceptors (Lipinski definition) is 4. The lowest BCUT2D eigenvalue weighted by Crippen LogP contribution is -2.14. The van der Waals surface area contributed by atoms with E-state index < -0.39 is 0 Å². The maximum Gasteiger partial charge on any atom is 0.274 e. The number of amides is 2. The summed E-state index contributed by atoms with van der Waals surface area (Å²) < 4.78 is 13.6. The standard InChI is InChI=1S/C21H19FN4O2/c1-14(27)25-16-6-8-17(9-7-16)26-21(28)20-11-10-18(13-24-20)23-12-15-4-2-3-5-19(15)22/h2-11,13,23H,12H2,1H3,(H,25,27)(H,26,28). The van der Waals surface area contributed by atoms with Gasteiger partial charge in [0.25, 0.3) is 5.91 Å². The zero-order chi connectivity index (χ0) is 19.9. The van der Waals surface area contributed by atoms with Crippen LogP contribution < -0.4 is 16.0 Å². The Morgan fingerprint density at radius 3 is 2.14 bits per heavy atom. The van der Waals surface area contributed by atoms with Crippen LogP contribution in [0.5, 0.6) is 0 Å². The summed E-state index contributed by atoms with van der Waals surface area (Å²) in [6.07, 6.45) is 1.52. The van der Waals surface area contributed by atoms with Crippen molar-refractivity contribution in [2.45, 2.75) is 13.5 Å². The molecule has 0 saturated heterocycles. The van der Waals surface area contributed by atoms with Crippen LogP contribution >= 0.6 is 0 Å². The fourth-order valence-electron chi connectivity index (χ4n) is 2.51. The van der Waals surface area contributed by atoms with E-state index in [-0.39, 0.29) is 23.3 Å². The second-order valence-electron chi connectivity index (χ2n) is 6.09. The van der Waals surface area contributed by atoms with Gasteiger partial charge in [-0.2, -0.15) is 0 Å². The summed E-state index contributed by atoms with van der Waals surface area (Å²) in [4.78, 5) is 27.5. The zero-order valence-corrected chi connectivity index (χ0v) is 15.2. The van der Waals surface area contributed by atoms with Gasteiger partial charge in [-0.15, -0.1) is 0 Å². The van der Waals surface area contributed by atoms with E-state index in [2.05, 4.69) is 20.9 Å². The van der Waals surface area contributed by atoms with E-state index >= 15 is 0 Å². The third kappa shape index (κ3) is 5.14. The van der Waals surface area contributed by atoms with Crippen LogP contribution in [0.2, 0.25) is 0 Å². The zero-order valence-electron chi connectivity index (χ0n) is 15.2. The molecule has 0 fully saturated rings. The topological polar surface area (TPSA) is 83.1 Å². The third-order valence-electron chi connectivity index (χ3n) is 3.90. The minimum atomic E-state index is -0.354. The Labute approximate surface area is 161 Å². The average Bonchev–Trinajstić information content (AvgIpc) is 2.69. The van der Waals surface area contributed by atoms with Gasteiger partial charge in [0.1, 0.15) is 11.5 Å². The van der Waals surface area contributed by atoms with Crippen molar-refractivity contribution in [1.29, 1.82) is 0 Å². The molecule has 2 amide bonds. The van der Waals surface area contributed by atoms with Crippen LogP contribution in [0.15, 0.2) is 66.9 Å². The lowest BCUT2D eigenvalue weighted by molar-refractivity contribution is -0.114. The summed E-state index contributed by atoms with van der Waals surface area (Å²) in [5.74, 6) is -0.791. The maximum absolute atomic E-state index is 13.6. The van der Waals surface area contributed by atoms with Crippen molar-refractivity contribution >= 4 is 28.9 Å². The van der Waals surface area contributed by atoms with Gasteiger partial charge in [0, 0.05) is 30.4 Å². The van der Waals surface area contributed by atoms with Crippen LogP contribution in [0.4, 0.5) is 21.5 Å². The van der Waals surface area contributed by atoms with E-state index in [0.29, 0.717) is 29.2 Å². The number of aromatic nitrogens is 1. The van der Waals surface area contributed by atoms with E-state index in [9.17, 15) is 14.0 Å². The largest absolute Gasteiger partial charge is 0.380 e. The highest BCUT2D eigenvalue weighted by atomic mass is 19.1. The quantitative estimate of drug-likeness (QED) is 0.604. The van der Waals surface area contributed by atoms with Crippen LogP contribution in [0, 0.1) is 5.82 Å². The van der Waals surface area contributed by atoms with Gasteiger partial charge < -0.3 is 16.0 Å². The molecule has 0 aliphatic rings. The predicted octanol–water partition coefficient (Wildman–Crippen LogP) is 4.04. The van der Waals surface area contributed by atoms with Crippen molar-refractivity contribution in [1.82, 2.24) is 4.98 Å². The van der Waals surface area contributed by atoms with Gasteiger partial charge in [-0.05, 0) is 42.5 Å². The summed E-state index contributed by atoms with van der Waals surface area (Å²) in [5.41, 5.74) is 2.71. The molecule has 0 radical (unpaired) electrons. The summed E-state index contributed by atoms with van der Waals surface area (Å²) in [6, 6.07) is 16.6. The molecule has 3 aromatic rings. The Hall–Kier alpha value is -3.74. The molecule has 142 valence electrons. The SMILES string of the molecule is CC(=O)Nc1ccc(NC(=O)c2ccc(NCc3ccccc3F)cn2)cc1. The molecule has 0 spiro atoms. The maximum atomic E-state index is 13.6. The molecule has 3 N–H and O–H groups in total. The van der Waals surface area contributed by atoms with Crippen LogP contribution in [-0.2, 0) is 11.3 Å². The Balaban J connectivity index is 1.57. The van der Waals surface area contributed by atoms with E-state index in [0.717, 1.165) is 0 Å². The molecule has 0 aliphatic heterocycles. The number of rotatable bonds is 6. The van der Waals surface area contributed by atoms with Gasteiger partial charge >= 0.3 is 0 Å². The van der Waals surface area contributed by atoms with E-state index in [1.54, 1.807) is 54.6 Å². The minimum Gasteiger partial charge on any atom is -0.380 e. The molecule has 3 rings (SSSR count). The summed E-state index contributed by atoms with van der Waals surface area (Å²) >= 11 is 0. The van der Waals surface area contributed by atoms with Gasteiger partial charge in [-0.1, -0.05) is 18.2 Å². The lowest BCUT2D eigenvalue weighted by Gasteiger charge is -2.09. The van der Waals surface area contributed by atoms with Gasteiger partial charge in [-0.25, -0.2) is 9.37 Å². The molecular weight excluding hydrogens is 359 g/mol. The van der Waals surface area contributed by atoms with Crippen molar-refractivity contribution in [2.24, 2.45) is 0 Å². The van der Waals surface area contributed by atoms with Crippen LogP contribution in [-0.4, -0.2) is 16.8 Å². The second-order valence-corrected chi connectivity index (χ2v) is 6.09. The number of halogens is 1. The van der Waals surface area contributed by atoms with Gasteiger partial charge in [0.2, 0.25) is 5.91 Å². The molecule has 0 aliphatic carbocycles. The Kier molecular flexibility index (Phi) is 5.96. The molecule has 28 heavy (non-hydrogen) atoms. The number of nitrogens with one attached hydrogen (secondary N) is 3. The van der Waals surface area contributed by atoms with Crippen molar-refractivity contribution < 1.29 is 14.0 Å². The monoisotopic (exact) mass is 378 g/mol. The minimum absolute atomic E-state index is 0.162. The molecule has 2 aromatic carbocycles. The Morgan fingerprint density at radius 2 is 1.54 bits per heavy atom. The van der Waals surface area contributed by atoms with Crippen molar-refractivity contribution in [3.05, 3.63) is 83.9 Å². The summed E-state index contributed by atoms with van der Waals surface area (Å²) in [7, 11) is 0. The highest BCUT2D eigenvalue weighted by molar-refractivity contribution is 6.03. The highest BCUT2D eigenvalue weighted by Gasteiger charge is 2.08. The number of carbonyl (C=O) groups is 2. The molecule has 7 heteroatoms. The van der Waals surface area contributed by atoms with Gasteiger partial charge in [0.05, 0.1) is 11.9 Å². The van der Waals surface area contributed by atoms with E-state index in [4.69, 9.17) is 0 Å². The second kappa shape index (κ2) is 8.77. The average molecular weight is 378 g/mol. The first-order chi connectivity index (χ1) is 13.5. The number of carbonyl (C=O) groups excluding carboxylic acids is 2. The fraction of sp³-hybridized carbons (Fsp3) is 0.0952.